The second-order valence-corrected chi connectivity index (χ2v) is 7.34. The van der Waals surface area contributed by atoms with Crippen molar-refractivity contribution < 1.29 is 27.4 Å². The number of sulfonamides is 1. The zero-order chi connectivity index (χ0) is 18.4. The Labute approximate surface area is 146 Å². The molecule has 2 N–H and O–H groups in total. The number of aromatic nitrogens is 1. The molecule has 1 aromatic heterocycles. The van der Waals surface area contributed by atoms with Crippen LogP contribution in [0.4, 0.5) is 10.5 Å². The lowest BCUT2D eigenvalue weighted by Crippen LogP contribution is -2.49. The summed E-state index contributed by atoms with van der Waals surface area (Å²) in [5.41, 5.74) is 0.378. The van der Waals surface area contributed by atoms with Crippen LogP contribution in [-0.2, 0) is 14.8 Å². The molecule has 10 nitrogen and oxygen atoms in total. The molecule has 2 heterocycles. The van der Waals surface area contributed by atoms with Crippen molar-refractivity contribution in [3.63, 3.8) is 0 Å². The number of hydrogen-bond donors (Lipinski definition) is 2. The largest absolute Gasteiger partial charge is 0.481 e. The van der Waals surface area contributed by atoms with Gasteiger partial charge >= 0.3 is 6.03 Å². The van der Waals surface area contributed by atoms with Crippen LogP contribution in [0.3, 0.4) is 0 Å². The minimum Gasteiger partial charge on any atom is -0.481 e. The summed E-state index contributed by atoms with van der Waals surface area (Å²) in [6.07, 6.45) is 0.739. The molecule has 1 atom stereocenters. The van der Waals surface area contributed by atoms with Crippen LogP contribution in [0.1, 0.15) is 0 Å². The van der Waals surface area contributed by atoms with Crippen molar-refractivity contribution in [2.24, 2.45) is 0 Å². The number of methoxy groups -OCH3 is 2. The number of amides is 2. The summed E-state index contributed by atoms with van der Waals surface area (Å²) in [7, 11) is -0.364. The summed E-state index contributed by atoms with van der Waals surface area (Å²) in [5, 5.41) is 5.25. The lowest BCUT2D eigenvalue weighted by molar-refractivity contribution is 0.00167. The molecule has 1 saturated heterocycles. The third-order valence-corrected chi connectivity index (χ3v) is 4.82. The van der Waals surface area contributed by atoms with Crippen molar-refractivity contribution in [2.75, 3.05) is 52.0 Å². The van der Waals surface area contributed by atoms with Gasteiger partial charge in [0.05, 0.1) is 33.2 Å². The van der Waals surface area contributed by atoms with Gasteiger partial charge in [0, 0.05) is 25.7 Å². The molecule has 2 rings (SSSR count). The zero-order valence-corrected chi connectivity index (χ0v) is 15.1. The molecule has 140 valence electrons. The minimum atomic E-state index is -3.27. The van der Waals surface area contributed by atoms with Gasteiger partial charge in [-0.2, -0.15) is 9.29 Å². The van der Waals surface area contributed by atoms with Crippen molar-refractivity contribution in [3.05, 3.63) is 12.1 Å². The van der Waals surface area contributed by atoms with E-state index >= 15 is 0 Å². The van der Waals surface area contributed by atoms with E-state index in [0.29, 0.717) is 18.1 Å². The topological polar surface area (TPSA) is 119 Å². The first-order valence-corrected chi connectivity index (χ1v) is 9.39. The summed E-state index contributed by atoms with van der Waals surface area (Å²) in [6, 6.07) is 2.71. The molecule has 1 aliphatic rings. The maximum absolute atomic E-state index is 12.0. The Hall–Kier alpha value is -2.11. The van der Waals surface area contributed by atoms with Crippen molar-refractivity contribution in [1.29, 1.82) is 0 Å². The first-order valence-electron chi connectivity index (χ1n) is 7.54. The number of nitrogens with one attached hydrogen (secondary N) is 2. The molecule has 25 heavy (non-hydrogen) atoms. The number of pyridine rings is 1. The second kappa shape index (κ2) is 8.32. The Morgan fingerprint density at radius 2 is 2.16 bits per heavy atom. The Morgan fingerprint density at radius 3 is 2.80 bits per heavy atom. The highest BCUT2D eigenvalue weighted by atomic mass is 32.2. The highest BCUT2D eigenvalue weighted by molar-refractivity contribution is 7.88. The summed E-state index contributed by atoms with van der Waals surface area (Å²) in [4.78, 5) is 16.1. The third kappa shape index (κ3) is 5.44. The van der Waals surface area contributed by atoms with E-state index in [0.717, 1.165) is 6.26 Å². The van der Waals surface area contributed by atoms with Crippen molar-refractivity contribution in [1.82, 2.24) is 14.6 Å². The predicted octanol–water partition coefficient (Wildman–Crippen LogP) is -0.119. The molecule has 2 amide bonds. The normalized spacial score (nSPS) is 18.4. The van der Waals surface area contributed by atoms with E-state index in [1.165, 1.54) is 18.5 Å². The molecule has 0 aromatic carbocycles. The summed E-state index contributed by atoms with van der Waals surface area (Å²) >= 11 is 0. The Kier molecular flexibility index (Phi) is 6.39. The number of carbonyl (C=O) groups excluding carboxylic acids is 1. The van der Waals surface area contributed by atoms with Crippen molar-refractivity contribution >= 4 is 21.7 Å². The van der Waals surface area contributed by atoms with Gasteiger partial charge < -0.3 is 24.8 Å². The second-order valence-electron chi connectivity index (χ2n) is 5.36. The van der Waals surface area contributed by atoms with Crippen LogP contribution in [0.15, 0.2) is 12.1 Å². The number of hydrogen-bond acceptors (Lipinski definition) is 7. The summed E-state index contributed by atoms with van der Waals surface area (Å²) < 4.78 is 40.0. The molecule has 0 radical (unpaired) electrons. The molecule has 0 aliphatic carbocycles. The van der Waals surface area contributed by atoms with E-state index in [-0.39, 0.29) is 25.6 Å². The highest BCUT2D eigenvalue weighted by Crippen LogP contribution is 2.24. The number of anilines is 1. The molecule has 1 aliphatic heterocycles. The van der Waals surface area contributed by atoms with Gasteiger partial charge in [-0.1, -0.05) is 0 Å². The van der Waals surface area contributed by atoms with Gasteiger partial charge in [0.1, 0.15) is 5.69 Å². The fraction of sp³-hybridized carbons (Fsp3) is 0.571. The van der Waals surface area contributed by atoms with E-state index in [1.807, 2.05) is 0 Å². The highest BCUT2D eigenvalue weighted by Gasteiger charge is 2.26. The number of urea groups is 1. The van der Waals surface area contributed by atoms with Gasteiger partial charge in [-0.05, 0) is 6.07 Å². The number of rotatable bonds is 6. The fourth-order valence-electron chi connectivity index (χ4n) is 2.28. The van der Waals surface area contributed by atoms with E-state index in [4.69, 9.17) is 14.2 Å². The van der Waals surface area contributed by atoms with Crippen LogP contribution in [0.5, 0.6) is 11.8 Å². The zero-order valence-electron chi connectivity index (χ0n) is 14.3. The van der Waals surface area contributed by atoms with Crippen molar-refractivity contribution in [3.8, 4) is 11.8 Å². The van der Waals surface area contributed by atoms with Gasteiger partial charge in [0.15, 0.2) is 0 Å². The number of carbonyl (C=O) groups is 1. The lowest BCUT2D eigenvalue weighted by atomic mass is 10.3. The quantitative estimate of drug-likeness (QED) is 0.712. The van der Waals surface area contributed by atoms with Gasteiger partial charge in [-0.15, -0.1) is 0 Å². The third-order valence-electron chi connectivity index (χ3n) is 3.55. The molecule has 1 aromatic rings. The van der Waals surface area contributed by atoms with Crippen LogP contribution in [0.25, 0.3) is 0 Å². The average molecular weight is 374 g/mol. The van der Waals surface area contributed by atoms with Crippen molar-refractivity contribution in [2.45, 2.75) is 6.10 Å². The van der Waals surface area contributed by atoms with Gasteiger partial charge in [0.25, 0.3) is 0 Å². The van der Waals surface area contributed by atoms with Gasteiger partial charge in [-0.25, -0.2) is 13.2 Å². The van der Waals surface area contributed by atoms with Gasteiger partial charge in [-0.3, -0.25) is 0 Å². The average Bonchev–Trinajstić information content (AvgIpc) is 2.60. The smallest absolute Gasteiger partial charge is 0.319 e. The molecular formula is C14H22N4O6S. The van der Waals surface area contributed by atoms with Crippen LogP contribution >= 0.6 is 0 Å². The lowest BCUT2D eigenvalue weighted by Gasteiger charge is -2.31. The monoisotopic (exact) mass is 374 g/mol. The molecule has 0 bridgehead atoms. The maximum Gasteiger partial charge on any atom is 0.319 e. The number of ether oxygens (including phenoxy) is 3. The molecular weight excluding hydrogens is 352 g/mol. The molecule has 0 unspecified atom stereocenters. The van der Waals surface area contributed by atoms with Crippen LogP contribution in [-0.4, -0.2) is 76.6 Å². The number of nitrogens with zero attached hydrogens (tertiary/aromatic N) is 2. The summed E-state index contributed by atoms with van der Waals surface area (Å²) in [5.74, 6) is 0.575. The first-order chi connectivity index (χ1) is 11.8. The van der Waals surface area contributed by atoms with Crippen LogP contribution < -0.4 is 20.1 Å². The Balaban J connectivity index is 1.89. The fourth-order valence-corrected chi connectivity index (χ4v) is 3.12. The van der Waals surface area contributed by atoms with E-state index < -0.39 is 22.2 Å². The summed E-state index contributed by atoms with van der Waals surface area (Å²) in [6.45, 7) is 0.976. The van der Waals surface area contributed by atoms with Crippen LogP contribution in [0.2, 0.25) is 0 Å². The minimum absolute atomic E-state index is 0.170. The maximum atomic E-state index is 12.0. The molecule has 0 spiro atoms. The molecule has 0 saturated carbocycles. The standard InChI is InChI=1S/C14H22N4O6S/c1-22-12-5-4-11(13(17-12)23-2)16-14(19)15-8-10-9-18(6-7-24-10)25(3,20)21/h4-5,10H,6-9H2,1-3H3,(H2,15,16,19)/t10-/m0/s1. The predicted molar refractivity (Wildman–Crippen MR) is 90.5 cm³/mol. The first kappa shape index (κ1) is 19.2. The van der Waals surface area contributed by atoms with E-state index in [1.54, 1.807) is 12.1 Å². The van der Waals surface area contributed by atoms with Crippen LogP contribution in [0, 0.1) is 0 Å². The molecule has 1 fully saturated rings. The van der Waals surface area contributed by atoms with E-state index in [9.17, 15) is 13.2 Å². The number of morpholine rings is 1. The Bertz CT molecular complexity index is 711. The Morgan fingerprint density at radius 1 is 1.40 bits per heavy atom. The van der Waals surface area contributed by atoms with Gasteiger partial charge in [0.2, 0.25) is 21.8 Å². The SMILES string of the molecule is COc1ccc(NC(=O)NC[C@H]2CN(S(C)(=O)=O)CCO2)c(OC)n1. The van der Waals surface area contributed by atoms with E-state index in [2.05, 4.69) is 15.6 Å². The molecule has 11 heteroatoms.